The van der Waals surface area contributed by atoms with Gasteiger partial charge in [0.1, 0.15) is 5.75 Å². The highest BCUT2D eigenvalue weighted by Gasteiger charge is 2.25. The lowest BCUT2D eigenvalue weighted by molar-refractivity contribution is -0.134. The molecule has 0 atom stereocenters. The molecule has 0 radical (unpaired) electrons. The molecule has 1 N–H and O–H groups in total. The maximum absolute atomic E-state index is 11.6. The summed E-state index contributed by atoms with van der Waals surface area (Å²) in [4.78, 5) is 17.3. The molecule has 1 aromatic carbocycles. The first kappa shape index (κ1) is 15.1. The first-order valence-corrected chi connectivity index (χ1v) is 8.18. The van der Waals surface area contributed by atoms with E-state index in [9.17, 15) is 4.79 Å². The summed E-state index contributed by atoms with van der Waals surface area (Å²) >= 11 is 0. The monoisotopic (exact) mass is 300 g/mol. The molecule has 0 aliphatic heterocycles. The molecule has 1 heterocycles. The van der Waals surface area contributed by atoms with Gasteiger partial charge in [0.15, 0.2) is 0 Å². The summed E-state index contributed by atoms with van der Waals surface area (Å²) in [5, 5.41) is 1.22. The number of carbonyl (C=O) groups excluding carboxylic acids is 1. The van der Waals surface area contributed by atoms with Crippen LogP contribution in [0.1, 0.15) is 38.2 Å². The van der Waals surface area contributed by atoms with Gasteiger partial charge in [0.25, 0.3) is 0 Å². The lowest BCUT2D eigenvalue weighted by Gasteiger charge is -2.14. The molecule has 4 heteroatoms. The number of esters is 1. The molecule has 4 nitrogen and oxygen atoms in total. The predicted molar refractivity (Wildman–Crippen MR) is 88.2 cm³/mol. The van der Waals surface area contributed by atoms with Gasteiger partial charge < -0.3 is 14.6 Å². The van der Waals surface area contributed by atoms with Crippen molar-refractivity contribution in [3.8, 4) is 5.75 Å². The van der Waals surface area contributed by atoms with Crippen molar-refractivity contribution in [2.24, 2.45) is 0 Å². The Bertz CT molecular complexity index is 658. The van der Waals surface area contributed by atoms with E-state index in [-0.39, 0.29) is 5.97 Å². The molecule has 3 rings (SSSR count). The second-order valence-electron chi connectivity index (χ2n) is 6.21. The number of aromatic amines is 1. The number of benzene rings is 1. The minimum absolute atomic E-state index is 0.167. The van der Waals surface area contributed by atoms with Crippen molar-refractivity contribution in [2.45, 2.75) is 45.1 Å². The first-order valence-electron chi connectivity index (χ1n) is 8.18. The molecule has 0 bridgehead atoms. The van der Waals surface area contributed by atoms with Gasteiger partial charge in [0, 0.05) is 42.2 Å². The van der Waals surface area contributed by atoms with Crippen LogP contribution in [0.4, 0.5) is 0 Å². The van der Waals surface area contributed by atoms with E-state index in [1.54, 1.807) is 0 Å². The quantitative estimate of drug-likeness (QED) is 0.628. The molecule has 2 aromatic rings. The topological polar surface area (TPSA) is 45.3 Å². The SMILES string of the molecule is CCCC(=O)Oc1ccc2c(CCN(C)C3CC3)c[nH]c2c1. The van der Waals surface area contributed by atoms with E-state index in [0.717, 1.165) is 30.9 Å². The van der Waals surface area contributed by atoms with Crippen molar-refractivity contribution in [2.75, 3.05) is 13.6 Å². The number of likely N-dealkylation sites (N-methyl/N-ethyl adjacent to an activating group) is 1. The molecule has 0 unspecified atom stereocenters. The fraction of sp³-hybridized carbons (Fsp3) is 0.500. The summed E-state index contributed by atoms with van der Waals surface area (Å²) in [5.41, 5.74) is 2.36. The highest BCUT2D eigenvalue weighted by Crippen LogP contribution is 2.27. The Labute approximate surface area is 131 Å². The summed E-state index contributed by atoms with van der Waals surface area (Å²) < 4.78 is 5.34. The van der Waals surface area contributed by atoms with Gasteiger partial charge in [-0.1, -0.05) is 6.92 Å². The molecule has 1 aliphatic rings. The zero-order chi connectivity index (χ0) is 15.5. The number of nitrogens with zero attached hydrogens (tertiary/aromatic N) is 1. The van der Waals surface area contributed by atoms with Crippen LogP contribution in [0.25, 0.3) is 10.9 Å². The largest absolute Gasteiger partial charge is 0.426 e. The summed E-state index contributed by atoms with van der Waals surface area (Å²) in [6, 6.07) is 6.65. The normalized spacial score (nSPS) is 14.7. The number of aromatic nitrogens is 1. The van der Waals surface area contributed by atoms with Gasteiger partial charge in [-0.25, -0.2) is 0 Å². The van der Waals surface area contributed by atoms with Crippen LogP contribution in [-0.4, -0.2) is 35.5 Å². The Morgan fingerprint density at radius 2 is 2.23 bits per heavy atom. The Balaban J connectivity index is 1.67. The van der Waals surface area contributed by atoms with Crippen LogP contribution in [0, 0.1) is 0 Å². The van der Waals surface area contributed by atoms with Gasteiger partial charge in [-0.3, -0.25) is 4.79 Å². The maximum Gasteiger partial charge on any atom is 0.311 e. The van der Waals surface area contributed by atoms with Crippen LogP contribution in [0.5, 0.6) is 5.75 Å². The molecule has 1 fully saturated rings. The van der Waals surface area contributed by atoms with E-state index < -0.39 is 0 Å². The van der Waals surface area contributed by atoms with Crippen LogP contribution >= 0.6 is 0 Å². The van der Waals surface area contributed by atoms with E-state index in [0.29, 0.717) is 12.2 Å². The highest BCUT2D eigenvalue weighted by atomic mass is 16.5. The zero-order valence-corrected chi connectivity index (χ0v) is 13.4. The summed E-state index contributed by atoms with van der Waals surface area (Å²) in [6.45, 7) is 3.06. The van der Waals surface area contributed by atoms with Crippen molar-refractivity contribution >= 4 is 16.9 Å². The standard InChI is InChI=1S/C18H24N2O2/c1-3-4-18(21)22-15-7-8-16-13(12-19-17(16)11-15)9-10-20(2)14-5-6-14/h7-8,11-12,14,19H,3-6,9-10H2,1-2H3. The zero-order valence-electron chi connectivity index (χ0n) is 13.4. The smallest absolute Gasteiger partial charge is 0.311 e. The molecule has 1 saturated carbocycles. The summed E-state index contributed by atoms with van der Waals surface area (Å²) in [5.74, 6) is 0.453. The Morgan fingerprint density at radius 1 is 1.41 bits per heavy atom. The number of ether oxygens (including phenoxy) is 1. The number of hydrogen-bond donors (Lipinski definition) is 1. The van der Waals surface area contributed by atoms with Crippen molar-refractivity contribution < 1.29 is 9.53 Å². The Kier molecular flexibility index (Phi) is 4.48. The van der Waals surface area contributed by atoms with Gasteiger partial charge in [-0.05, 0) is 50.4 Å². The highest BCUT2D eigenvalue weighted by molar-refractivity contribution is 5.85. The second kappa shape index (κ2) is 6.53. The second-order valence-corrected chi connectivity index (χ2v) is 6.21. The molecular formula is C18H24N2O2. The lowest BCUT2D eigenvalue weighted by Crippen LogP contribution is -2.23. The number of nitrogens with one attached hydrogen (secondary N) is 1. The van der Waals surface area contributed by atoms with Crippen molar-refractivity contribution in [1.82, 2.24) is 9.88 Å². The number of fused-ring (bicyclic) bond motifs is 1. The molecular weight excluding hydrogens is 276 g/mol. The minimum Gasteiger partial charge on any atom is -0.426 e. The molecule has 1 aromatic heterocycles. The van der Waals surface area contributed by atoms with E-state index in [1.165, 1.54) is 23.8 Å². The van der Waals surface area contributed by atoms with Crippen LogP contribution in [0.3, 0.4) is 0 Å². The maximum atomic E-state index is 11.6. The molecule has 0 saturated heterocycles. The number of hydrogen-bond acceptors (Lipinski definition) is 3. The van der Waals surface area contributed by atoms with Crippen molar-refractivity contribution in [1.29, 1.82) is 0 Å². The van der Waals surface area contributed by atoms with Crippen molar-refractivity contribution in [3.05, 3.63) is 30.0 Å². The fourth-order valence-corrected chi connectivity index (χ4v) is 2.82. The molecule has 118 valence electrons. The van der Waals surface area contributed by atoms with E-state index >= 15 is 0 Å². The average molecular weight is 300 g/mol. The Morgan fingerprint density at radius 3 is 2.95 bits per heavy atom. The van der Waals surface area contributed by atoms with Gasteiger partial charge >= 0.3 is 5.97 Å². The van der Waals surface area contributed by atoms with E-state index in [1.807, 2.05) is 25.1 Å². The van der Waals surface area contributed by atoms with Crippen LogP contribution in [-0.2, 0) is 11.2 Å². The molecule has 1 aliphatic carbocycles. The third-order valence-corrected chi connectivity index (χ3v) is 4.33. The fourth-order valence-electron chi connectivity index (χ4n) is 2.82. The minimum atomic E-state index is -0.167. The molecule has 22 heavy (non-hydrogen) atoms. The molecule has 0 amide bonds. The summed E-state index contributed by atoms with van der Waals surface area (Å²) in [7, 11) is 2.21. The van der Waals surface area contributed by atoms with Gasteiger partial charge in [-0.15, -0.1) is 0 Å². The van der Waals surface area contributed by atoms with E-state index in [4.69, 9.17) is 4.74 Å². The number of H-pyrrole nitrogens is 1. The number of rotatable bonds is 7. The molecule has 0 spiro atoms. The average Bonchev–Trinajstić information content (AvgIpc) is 3.27. The van der Waals surface area contributed by atoms with Crippen LogP contribution in [0.15, 0.2) is 24.4 Å². The van der Waals surface area contributed by atoms with Gasteiger partial charge in [-0.2, -0.15) is 0 Å². The van der Waals surface area contributed by atoms with Crippen LogP contribution in [0.2, 0.25) is 0 Å². The third kappa shape index (κ3) is 3.50. The summed E-state index contributed by atoms with van der Waals surface area (Å²) in [6.07, 6.45) is 7.07. The number of carbonyl (C=O) groups is 1. The van der Waals surface area contributed by atoms with Crippen molar-refractivity contribution in [3.63, 3.8) is 0 Å². The van der Waals surface area contributed by atoms with Crippen LogP contribution < -0.4 is 4.74 Å². The Hall–Kier alpha value is -1.81. The van der Waals surface area contributed by atoms with Gasteiger partial charge in [0.05, 0.1) is 0 Å². The predicted octanol–water partition coefficient (Wildman–Crippen LogP) is 3.51. The first-order chi connectivity index (χ1) is 10.7. The van der Waals surface area contributed by atoms with E-state index in [2.05, 4.69) is 23.1 Å². The van der Waals surface area contributed by atoms with Gasteiger partial charge in [0.2, 0.25) is 0 Å². The third-order valence-electron chi connectivity index (χ3n) is 4.33. The lowest BCUT2D eigenvalue weighted by atomic mass is 10.1.